The molecule has 1 aliphatic heterocycles. The van der Waals surface area contributed by atoms with E-state index >= 15 is 0 Å². The van der Waals surface area contributed by atoms with E-state index in [2.05, 4.69) is 20.6 Å². The second-order valence-corrected chi connectivity index (χ2v) is 8.09. The molecule has 4 rings (SSSR count). The van der Waals surface area contributed by atoms with Crippen LogP contribution in [-0.2, 0) is 0 Å². The van der Waals surface area contributed by atoms with Crippen molar-refractivity contribution in [2.24, 2.45) is 0 Å². The summed E-state index contributed by atoms with van der Waals surface area (Å²) in [5.41, 5.74) is 2.18. The number of aromatic nitrogens is 2. The standard InChI is InChI=1S/C17H18N4OS2/c1-10-19-13-8-12(2-3-15(13)24-10)20-16(22)14-9-23-17(21-14)11-4-6-18-7-5-11/h2-3,8-9,11,18H,4-7H2,1H3,(H,20,22). The van der Waals surface area contributed by atoms with Crippen molar-refractivity contribution in [3.8, 4) is 0 Å². The third kappa shape index (κ3) is 3.19. The maximum absolute atomic E-state index is 12.5. The van der Waals surface area contributed by atoms with E-state index in [9.17, 15) is 4.79 Å². The van der Waals surface area contributed by atoms with Crippen LogP contribution in [0.4, 0.5) is 5.69 Å². The lowest BCUT2D eigenvalue weighted by Crippen LogP contribution is -2.26. The highest BCUT2D eigenvalue weighted by molar-refractivity contribution is 7.18. The molecule has 0 unspecified atom stereocenters. The van der Waals surface area contributed by atoms with Gasteiger partial charge in [-0.1, -0.05) is 0 Å². The molecule has 0 radical (unpaired) electrons. The van der Waals surface area contributed by atoms with Crippen molar-refractivity contribution >= 4 is 44.5 Å². The van der Waals surface area contributed by atoms with E-state index < -0.39 is 0 Å². The van der Waals surface area contributed by atoms with E-state index in [1.165, 1.54) is 0 Å². The lowest BCUT2D eigenvalue weighted by atomic mass is 9.99. The summed E-state index contributed by atoms with van der Waals surface area (Å²) in [7, 11) is 0. The summed E-state index contributed by atoms with van der Waals surface area (Å²) in [5.74, 6) is 0.324. The highest BCUT2D eigenvalue weighted by Gasteiger charge is 2.20. The van der Waals surface area contributed by atoms with Gasteiger partial charge < -0.3 is 10.6 Å². The number of thiazole rings is 2. The average molecular weight is 358 g/mol. The van der Waals surface area contributed by atoms with Crippen molar-refractivity contribution in [3.63, 3.8) is 0 Å². The highest BCUT2D eigenvalue weighted by Crippen LogP contribution is 2.28. The predicted molar refractivity (Wildman–Crippen MR) is 99.3 cm³/mol. The van der Waals surface area contributed by atoms with Gasteiger partial charge in [-0.05, 0) is 51.1 Å². The third-order valence-electron chi connectivity index (χ3n) is 4.20. The molecule has 3 heterocycles. The van der Waals surface area contributed by atoms with E-state index in [1.807, 2.05) is 30.5 Å². The molecule has 124 valence electrons. The fraction of sp³-hybridized carbons (Fsp3) is 0.353. The van der Waals surface area contributed by atoms with E-state index in [4.69, 9.17) is 0 Å². The molecule has 5 nitrogen and oxygen atoms in total. The Labute approximate surface area is 148 Å². The van der Waals surface area contributed by atoms with Crippen LogP contribution in [0.1, 0.15) is 39.3 Å². The number of fused-ring (bicyclic) bond motifs is 1. The fourth-order valence-corrected chi connectivity index (χ4v) is 4.74. The number of nitrogens with one attached hydrogen (secondary N) is 2. The fourth-order valence-electron chi connectivity index (χ4n) is 2.96. The number of piperidine rings is 1. The molecule has 1 saturated heterocycles. The van der Waals surface area contributed by atoms with E-state index in [-0.39, 0.29) is 5.91 Å². The summed E-state index contributed by atoms with van der Waals surface area (Å²) in [4.78, 5) is 21.5. The van der Waals surface area contributed by atoms with Crippen LogP contribution in [0.3, 0.4) is 0 Å². The first-order valence-electron chi connectivity index (χ1n) is 8.04. The van der Waals surface area contributed by atoms with Gasteiger partial charge in [0.2, 0.25) is 0 Å². The molecule has 7 heteroatoms. The van der Waals surface area contributed by atoms with E-state index in [1.54, 1.807) is 22.7 Å². The van der Waals surface area contributed by atoms with Crippen LogP contribution in [0.5, 0.6) is 0 Å². The Morgan fingerprint density at radius 3 is 2.96 bits per heavy atom. The molecular weight excluding hydrogens is 340 g/mol. The van der Waals surface area contributed by atoms with Gasteiger partial charge in [0.1, 0.15) is 5.69 Å². The second kappa shape index (κ2) is 6.58. The van der Waals surface area contributed by atoms with Crippen LogP contribution in [0.15, 0.2) is 23.6 Å². The molecule has 24 heavy (non-hydrogen) atoms. The average Bonchev–Trinajstić information content (AvgIpc) is 3.21. The van der Waals surface area contributed by atoms with Gasteiger partial charge in [-0.2, -0.15) is 0 Å². The summed E-state index contributed by atoms with van der Waals surface area (Å²) in [6, 6.07) is 5.83. The van der Waals surface area contributed by atoms with Crippen molar-refractivity contribution in [2.75, 3.05) is 18.4 Å². The van der Waals surface area contributed by atoms with Crippen LogP contribution >= 0.6 is 22.7 Å². The van der Waals surface area contributed by atoms with Gasteiger partial charge in [-0.25, -0.2) is 9.97 Å². The summed E-state index contributed by atoms with van der Waals surface area (Å²) >= 11 is 3.25. The molecule has 1 amide bonds. The van der Waals surface area contributed by atoms with Crippen LogP contribution in [0.25, 0.3) is 10.2 Å². The smallest absolute Gasteiger partial charge is 0.275 e. The Hall–Kier alpha value is -1.83. The van der Waals surface area contributed by atoms with Crippen molar-refractivity contribution < 1.29 is 4.79 Å². The molecule has 2 N–H and O–H groups in total. The highest BCUT2D eigenvalue weighted by atomic mass is 32.1. The molecule has 2 aromatic heterocycles. The van der Waals surface area contributed by atoms with Gasteiger partial charge in [0.25, 0.3) is 5.91 Å². The lowest BCUT2D eigenvalue weighted by molar-refractivity contribution is 0.102. The molecular formula is C17H18N4OS2. The van der Waals surface area contributed by atoms with Crippen molar-refractivity contribution in [3.05, 3.63) is 39.3 Å². The van der Waals surface area contributed by atoms with Gasteiger partial charge >= 0.3 is 0 Å². The molecule has 1 aromatic carbocycles. The number of benzene rings is 1. The van der Waals surface area contributed by atoms with Gasteiger partial charge in [0.05, 0.1) is 20.2 Å². The lowest BCUT2D eigenvalue weighted by Gasteiger charge is -2.20. The first-order valence-corrected chi connectivity index (χ1v) is 9.73. The van der Waals surface area contributed by atoms with Gasteiger partial charge in [0, 0.05) is 17.0 Å². The SMILES string of the molecule is Cc1nc2cc(NC(=O)c3csc(C4CCNCC4)n3)ccc2s1. The van der Waals surface area contributed by atoms with Gasteiger partial charge in [-0.15, -0.1) is 22.7 Å². The Kier molecular flexibility index (Phi) is 4.30. The van der Waals surface area contributed by atoms with Gasteiger partial charge in [0.15, 0.2) is 0 Å². The summed E-state index contributed by atoms with van der Waals surface area (Å²) < 4.78 is 1.13. The number of aryl methyl sites for hydroxylation is 1. The number of amides is 1. The largest absolute Gasteiger partial charge is 0.321 e. The Morgan fingerprint density at radius 1 is 1.29 bits per heavy atom. The zero-order valence-corrected chi connectivity index (χ0v) is 15.0. The quantitative estimate of drug-likeness (QED) is 0.748. The number of carbonyl (C=O) groups excluding carboxylic acids is 1. The molecule has 0 saturated carbocycles. The maximum Gasteiger partial charge on any atom is 0.275 e. The van der Waals surface area contributed by atoms with Crippen LogP contribution < -0.4 is 10.6 Å². The number of nitrogens with zero attached hydrogens (tertiary/aromatic N) is 2. The number of carbonyl (C=O) groups is 1. The Morgan fingerprint density at radius 2 is 2.12 bits per heavy atom. The number of hydrogen-bond donors (Lipinski definition) is 2. The zero-order valence-electron chi connectivity index (χ0n) is 13.3. The number of anilines is 1. The van der Waals surface area contributed by atoms with Crippen molar-refractivity contribution in [1.82, 2.24) is 15.3 Å². The number of rotatable bonds is 3. The first kappa shape index (κ1) is 15.7. The minimum absolute atomic E-state index is 0.155. The van der Waals surface area contributed by atoms with Crippen molar-refractivity contribution in [1.29, 1.82) is 0 Å². The Balaban J connectivity index is 1.49. The van der Waals surface area contributed by atoms with Crippen LogP contribution in [0, 0.1) is 6.92 Å². The zero-order chi connectivity index (χ0) is 16.5. The van der Waals surface area contributed by atoms with Gasteiger partial charge in [-0.3, -0.25) is 4.79 Å². The summed E-state index contributed by atoms with van der Waals surface area (Å²) in [5, 5.41) is 10.3. The van der Waals surface area contributed by atoms with E-state index in [0.29, 0.717) is 11.6 Å². The summed E-state index contributed by atoms with van der Waals surface area (Å²) in [6.07, 6.45) is 2.18. The molecule has 0 spiro atoms. The molecule has 3 aromatic rings. The normalized spacial score (nSPS) is 15.7. The molecule has 1 aliphatic rings. The topological polar surface area (TPSA) is 66.9 Å². The minimum Gasteiger partial charge on any atom is -0.321 e. The molecule has 0 atom stereocenters. The maximum atomic E-state index is 12.5. The summed E-state index contributed by atoms with van der Waals surface area (Å²) in [6.45, 7) is 4.04. The first-order chi connectivity index (χ1) is 11.7. The monoisotopic (exact) mass is 358 g/mol. The second-order valence-electron chi connectivity index (χ2n) is 5.96. The molecule has 1 fully saturated rings. The Bertz CT molecular complexity index is 880. The molecule has 0 bridgehead atoms. The predicted octanol–water partition coefficient (Wildman–Crippen LogP) is 3.78. The van der Waals surface area contributed by atoms with Crippen LogP contribution in [-0.4, -0.2) is 29.0 Å². The molecule has 0 aliphatic carbocycles. The van der Waals surface area contributed by atoms with E-state index in [0.717, 1.165) is 51.9 Å². The van der Waals surface area contributed by atoms with Crippen LogP contribution in [0.2, 0.25) is 0 Å². The minimum atomic E-state index is -0.155. The third-order valence-corrected chi connectivity index (χ3v) is 6.15. The van der Waals surface area contributed by atoms with Crippen molar-refractivity contribution in [2.45, 2.75) is 25.7 Å². The number of hydrogen-bond acceptors (Lipinski definition) is 6.